The minimum Gasteiger partial charge on any atom is -0.462 e. The van der Waals surface area contributed by atoms with Gasteiger partial charge in [0.1, 0.15) is 13.2 Å². The average molecular weight is 1020 g/mol. The fourth-order valence-corrected chi connectivity index (χ4v) is 8.74. The Labute approximate surface area is 452 Å². The molecule has 0 aromatic heterocycles. The van der Waals surface area contributed by atoms with E-state index in [0.29, 0.717) is 19.3 Å². The van der Waals surface area contributed by atoms with Crippen LogP contribution in [0.4, 0.5) is 0 Å². The van der Waals surface area contributed by atoms with Gasteiger partial charge in [-0.2, -0.15) is 0 Å². The van der Waals surface area contributed by atoms with Gasteiger partial charge >= 0.3 is 17.9 Å². The molecule has 1 atom stereocenters. The van der Waals surface area contributed by atoms with Crippen LogP contribution in [-0.4, -0.2) is 37.2 Å². The molecule has 0 aliphatic heterocycles. The number of unbranched alkanes of at least 4 members (excludes halogenated alkanes) is 31. The number of rotatable bonds is 56. The lowest BCUT2D eigenvalue weighted by atomic mass is 10.0. The van der Waals surface area contributed by atoms with Crippen molar-refractivity contribution in [2.75, 3.05) is 13.2 Å². The van der Waals surface area contributed by atoms with Crippen molar-refractivity contribution in [3.8, 4) is 0 Å². The number of hydrogen-bond acceptors (Lipinski definition) is 6. The first-order chi connectivity index (χ1) is 36.0. The third kappa shape index (κ3) is 59.3. The van der Waals surface area contributed by atoms with Crippen molar-refractivity contribution in [3.63, 3.8) is 0 Å². The Bertz CT molecular complexity index is 1400. The highest BCUT2D eigenvalue weighted by Crippen LogP contribution is 2.17. The number of esters is 3. The SMILES string of the molecule is CC/C=C\C/C=C\C/C=C\C/C=C\C/C=C\C/C=C\CCCCC(=O)OC(COC(=O)CCCCCCC/C=C\CCCCC)COC(=O)CCCCCCCCCCCCCCCCCCCCCCCC. The highest BCUT2D eigenvalue weighted by molar-refractivity contribution is 5.71. The first-order valence-corrected chi connectivity index (χ1v) is 31.1. The van der Waals surface area contributed by atoms with Gasteiger partial charge in [0.25, 0.3) is 0 Å². The lowest BCUT2D eigenvalue weighted by Crippen LogP contribution is -2.30. The van der Waals surface area contributed by atoms with Gasteiger partial charge in [-0.1, -0.05) is 273 Å². The molecule has 0 heterocycles. The number of allylic oxidation sites excluding steroid dienone is 14. The first-order valence-electron chi connectivity index (χ1n) is 31.1. The summed E-state index contributed by atoms with van der Waals surface area (Å²) >= 11 is 0. The molecule has 6 nitrogen and oxygen atoms in total. The smallest absolute Gasteiger partial charge is 0.306 e. The molecule has 0 saturated heterocycles. The molecule has 0 saturated carbocycles. The van der Waals surface area contributed by atoms with Crippen LogP contribution in [-0.2, 0) is 28.6 Å². The maximum Gasteiger partial charge on any atom is 0.306 e. The average Bonchev–Trinajstić information content (AvgIpc) is 3.39. The Kier molecular flexibility index (Phi) is 58.3. The number of ether oxygens (including phenoxy) is 3. The second-order valence-electron chi connectivity index (χ2n) is 20.6. The van der Waals surface area contributed by atoms with Crippen molar-refractivity contribution in [1.82, 2.24) is 0 Å². The first kappa shape index (κ1) is 69.6. The predicted octanol–water partition coefficient (Wildman–Crippen LogP) is 21.1. The quantitative estimate of drug-likeness (QED) is 0.0261. The molecule has 1 unspecified atom stereocenters. The molecule has 0 aliphatic carbocycles. The van der Waals surface area contributed by atoms with Crippen molar-refractivity contribution in [2.45, 2.75) is 309 Å². The summed E-state index contributed by atoms with van der Waals surface area (Å²) in [6, 6.07) is 0. The van der Waals surface area contributed by atoms with E-state index in [1.54, 1.807) is 0 Å². The summed E-state index contributed by atoms with van der Waals surface area (Å²) < 4.78 is 16.9. The van der Waals surface area contributed by atoms with E-state index in [1.165, 1.54) is 161 Å². The van der Waals surface area contributed by atoms with E-state index >= 15 is 0 Å². The van der Waals surface area contributed by atoms with E-state index in [-0.39, 0.29) is 37.5 Å². The van der Waals surface area contributed by atoms with E-state index in [9.17, 15) is 14.4 Å². The van der Waals surface area contributed by atoms with Crippen LogP contribution in [0.25, 0.3) is 0 Å². The van der Waals surface area contributed by atoms with Crippen LogP contribution < -0.4 is 0 Å². The van der Waals surface area contributed by atoms with Crippen molar-refractivity contribution in [1.29, 1.82) is 0 Å². The van der Waals surface area contributed by atoms with Gasteiger partial charge in [0, 0.05) is 19.3 Å². The van der Waals surface area contributed by atoms with Gasteiger partial charge in [-0.3, -0.25) is 14.4 Å². The molecule has 0 aromatic rings. The zero-order valence-corrected chi connectivity index (χ0v) is 48.1. The van der Waals surface area contributed by atoms with E-state index in [2.05, 4.69) is 106 Å². The second-order valence-corrected chi connectivity index (χ2v) is 20.6. The maximum atomic E-state index is 12.9. The van der Waals surface area contributed by atoms with Crippen LogP contribution in [0.5, 0.6) is 0 Å². The molecule has 0 radical (unpaired) electrons. The van der Waals surface area contributed by atoms with Crippen molar-refractivity contribution in [2.24, 2.45) is 0 Å². The summed E-state index contributed by atoms with van der Waals surface area (Å²) in [7, 11) is 0. The highest BCUT2D eigenvalue weighted by Gasteiger charge is 2.19. The molecule has 0 aliphatic rings. The molecule has 73 heavy (non-hydrogen) atoms. The Morgan fingerprint density at radius 2 is 0.534 bits per heavy atom. The predicted molar refractivity (Wildman–Crippen MR) is 316 cm³/mol. The van der Waals surface area contributed by atoms with Crippen LogP contribution in [0, 0.1) is 0 Å². The molecule has 420 valence electrons. The van der Waals surface area contributed by atoms with Crippen molar-refractivity contribution in [3.05, 3.63) is 85.1 Å². The molecule has 0 N–H and O–H groups in total. The molecule has 0 rings (SSSR count). The Hall–Kier alpha value is -3.41. The zero-order chi connectivity index (χ0) is 52.9. The molecule has 0 fully saturated rings. The molecular weight excluding hydrogens is 901 g/mol. The van der Waals surface area contributed by atoms with Crippen LogP contribution >= 0.6 is 0 Å². The third-order valence-electron chi connectivity index (χ3n) is 13.4. The largest absolute Gasteiger partial charge is 0.462 e. The van der Waals surface area contributed by atoms with Crippen molar-refractivity contribution >= 4 is 17.9 Å². The molecule has 6 heteroatoms. The Balaban J connectivity index is 4.38. The van der Waals surface area contributed by atoms with Gasteiger partial charge < -0.3 is 14.2 Å². The third-order valence-corrected chi connectivity index (χ3v) is 13.4. The van der Waals surface area contributed by atoms with Gasteiger partial charge in [0.15, 0.2) is 6.10 Å². The van der Waals surface area contributed by atoms with Gasteiger partial charge in [-0.25, -0.2) is 0 Å². The summed E-state index contributed by atoms with van der Waals surface area (Å²) in [4.78, 5) is 38.2. The van der Waals surface area contributed by atoms with E-state index in [4.69, 9.17) is 14.2 Å². The minimum atomic E-state index is -0.802. The molecule has 0 bridgehead atoms. The van der Waals surface area contributed by atoms with Crippen molar-refractivity contribution < 1.29 is 28.6 Å². The monoisotopic (exact) mass is 1020 g/mol. The van der Waals surface area contributed by atoms with E-state index in [0.717, 1.165) is 96.3 Å². The number of carbonyl (C=O) groups excluding carboxylic acids is 3. The standard InChI is InChI=1S/C67H116O6/c1-4-7-10-13-16-19-22-25-27-29-31-33-35-36-38-40-42-45-48-51-54-57-60-66(69)72-63-64(62-71-65(68)59-56-53-50-47-44-24-21-18-15-12-9-6-3)73-67(70)61-58-55-52-49-46-43-41-39-37-34-32-30-28-26-23-20-17-14-11-8-5-2/h8,11,17-18,20-21,26,28,32,34,39,41,46,49,64H,4-7,9-10,12-16,19,22-25,27,29-31,33,35-38,40,42-45,47-48,50-63H2,1-3H3/b11-8-,20-17-,21-18-,28-26-,34-32-,41-39-,49-46-. The summed E-state index contributed by atoms with van der Waals surface area (Å²) in [5.74, 6) is -0.937. The van der Waals surface area contributed by atoms with Gasteiger partial charge in [-0.05, 0) is 96.3 Å². The fourth-order valence-electron chi connectivity index (χ4n) is 8.74. The topological polar surface area (TPSA) is 78.9 Å². The number of hydrogen-bond donors (Lipinski definition) is 0. The fraction of sp³-hybridized carbons (Fsp3) is 0.746. The Morgan fingerprint density at radius 1 is 0.288 bits per heavy atom. The highest BCUT2D eigenvalue weighted by atomic mass is 16.6. The Morgan fingerprint density at radius 3 is 0.904 bits per heavy atom. The lowest BCUT2D eigenvalue weighted by Gasteiger charge is -2.18. The van der Waals surface area contributed by atoms with Gasteiger partial charge in [0.05, 0.1) is 0 Å². The van der Waals surface area contributed by atoms with E-state index < -0.39 is 6.10 Å². The zero-order valence-electron chi connectivity index (χ0n) is 48.1. The number of carbonyl (C=O) groups is 3. The van der Waals surface area contributed by atoms with Crippen LogP contribution in [0.1, 0.15) is 303 Å². The summed E-state index contributed by atoms with van der Waals surface area (Å²) in [6.07, 6.45) is 80.2. The van der Waals surface area contributed by atoms with Gasteiger partial charge in [0.2, 0.25) is 0 Å². The normalized spacial score (nSPS) is 12.6. The minimum absolute atomic E-state index is 0.0945. The summed E-state index contributed by atoms with van der Waals surface area (Å²) in [6.45, 7) is 6.49. The second kappa shape index (κ2) is 61.1. The summed E-state index contributed by atoms with van der Waals surface area (Å²) in [5, 5.41) is 0. The molecule has 0 amide bonds. The van der Waals surface area contributed by atoms with Crippen LogP contribution in [0.2, 0.25) is 0 Å². The molecular formula is C67H116O6. The van der Waals surface area contributed by atoms with Crippen LogP contribution in [0.15, 0.2) is 85.1 Å². The lowest BCUT2D eigenvalue weighted by molar-refractivity contribution is -0.167. The van der Waals surface area contributed by atoms with Gasteiger partial charge in [-0.15, -0.1) is 0 Å². The van der Waals surface area contributed by atoms with E-state index in [1.807, 2.05) is 0 Å². The van der Waals surface area contributed by atoms with Crippen LogP contribution in [0.3, 0.4) is 0 Å². The molecule has 0 aromatic carbocycles. The summed E-state index contributed by atoms with van der Waals surface area (Å²) in [5.41, 5.74) is 0. The molecule has 0 spiro atoms. The maximum absolute atomic E-state index is 12.9.